The predicted molar refractivity (Wildman–Crippen MR) is 71.5 cm³/mol. The average molecular weight is 278 g/mol. The maximum absolute atomic E-state index is 13.2. The summed E-state index contributed by atoms with van der Waals surface area (Å²) in [6.07, 6.45) is 0. The normalized spacial score (nSPS) is 10.3. The molecule has 0 amide bonds. The first-order valence-electron chi connectivity index (χ1n) is 5.89. The van der Waals surface area contributed by atoms with Crippen LogP contribution in [-0.2, 0) is 6.54 Å². The molecule has 0 aliphatic heterocycles. The van der Waals surface area contributed by atoms with E-state index in [4.69, 9.17) is 0 Å². The molecule has 2 rings (SSSR count). The van der Waals surface area contributed by atoms with E-state index in [0.29, 0.717) is 11.3 Å². The number of nitro groups is 1. The van der Waals surface area contributed by atoms with Crippen molar-refractivity contribution in [2.45, 2.75) is 13.5 Å². The first-order chi connectivity index (χ1) is 9.44. The quantitative estimate of drug-likeness (QED) is 0.683. The van der Waals surface area contributed by atoms with E-state index in [1.165, 1.54) is 24.3 Å². The summed E-state index contributed by atoms with van der Waals surface area (Å²) in [6, 6.07) is 7.76. The van der Waals surface area contributed by atoms with Gasteiger partial charge in [0.25, 0.3) is 5.69 Å². The number of hydrogen-bond donors (Lipinski definition) is 1. The van der Waals surface area contributed by atoms with Crippen molar-refractivity contribution in [3.63, 3.8) is 0 Å². The molecule has 4 nitrogen and oxygen atoms in total. The Kier molecular flexibility index (Phi) is 3.93. The summed E-state index contributed by atoms with van der Waals surface area (Å²) < 4.78 is 26.4. The van der Waals surface area contributed by atoms with Crippen molar-refractivity contribution in [3.8, 4) is 0 Å². The third-order valence-electron chi connectivity index (χ3n) is 2.69. The Bertz CT molecular complexity index is 639. The van der Waals surface area contributed by atoms with Gasteiger partial charge >= 0.3 is 0 Å². The fraction of sp³-hybridized carbons (Fsp3) is 0.143. The van der Waals surface area contributed by atoms with Crippen LogP contribution in [0.15, 0.2) is 36.4 Å². The summed E-state index contributed by atoms with van der Waals surface area (Å²) in [5, 5.41) is 13.5. The summed E-state index contributed by atoms with van der Waals surface area (Å²) in [4.78, 5) is 9.98. The Balaban J connectivity index is 2.16. The molecule has 0 aliphatic rings. The van der Waals surface area contributed by atoms with Crippen LogP contribution in [0, 0.1) is 28.7 Å². The van der Waals surface area contributed by atoms with Crippen LogP contribution in [0.4, 0.5) is 20.2 Å². The van der Waals surface area contributed by atoms with Crippen LogP contribution in [0.3, 0.4) is 0 Å². The zero-order chi connectivity index (χ0) is 14.7. The predicted octanol–water partition coefficient (Wildman–Crippen LogP) is 3.79. The van der Waals surface area contributed by atoms with Gasteiger partial charge in [0.05, 0.1) is 11.0 Å². The lowest BCUT2D eigenvalue weighted by molar-refractivity contribution is -0.385. The van der Waals surface area contributed by atoms with E-state index in [9.17, 15) is 18.9 Å². The molecule has 6 heteroatoms. The summed E-state index contributed by atoms with van der Waals surface area (Å²) >= 11 is 0. The van der Waals surface area contributed by atoms with Crippen molar-refractivity contribution in [2.24, 2.45) is 0 Å². The largest absolute Gasteiger partial charge is 0.381 e. The number of nitro benzene ring substituents is 1. The number of non-ortho nitro benzene ring substituents is 1. The van der Waals surface area contributed by atoms with E-state index in [1.807, 2.05) is 0 Å². The Hall–Kier alpha value is -2.50. The second kappa shape index (κ2) is 5.64. The molecule has 104 valence electrons. The summed E-state index contributed by atoms with van der Waals surface area (Å²) in [5.74, 6) is -1.05. The molecule has 20 heavy (non-hydrogen) atoms. The molecule has 0 spiro atoms. The minimum atomic E-state index is -0.675. The molecular formula is C14H12F2N2O2. The fourth-order valence-electron chi connectivity index (χ4n) is 1.88. The van der Waals surface area contributed by atoms with Gasteiger partial charge in [-0.2, -0.15) is 0 Å². The Labute approximate surface area is 114 Å². The van der Waals surface area contributed by atoms with Gasteiger partial charge in [-0.3, -0.25) is 10.1 Å². The molecule has 0 unspecified atom stereocenters. The minimum absolute atomic E-state index is 0.168. The number of aryl methyl sites for hydroxylation is 1. The number of anilines is 1. The lowest BCUT2D eigenvalue weighted by Crippen LogP contribution is -2.02. The number of nitrogens with zero attached hydrogens (tertiary/aromatic N) is 1. The van der Waals surface area contributed by atoms with Crippen LogP contribution in [0.25, 0.3) is 0 Å². The van der Waals surface area contributed by atoms with Crippen molar-refractivity contribution < 1.29 is 13.7 Å². The number of hydrogen-bond acceptors (Lipinski definition) is 3. The molecule has 0 radical (unpaired) electrons. The first kappa shape index (κ1) is 13.9. The average Bonchev–Trinajstić information content (AvgIpc) is 2.34. The number of halogens is 2. The highest BCUT2D eigenvalue weighted by molar-refractivity contribution is 5.47. The van der Waals surface area contributed by atoms with Gasteiger partial charge < -0.3 is 5.32 Å². The fourth-order valence-corrected chi connectivity index (χ4v) is 1.88. The second-order valence-corrected chi connectivity index (χ2v) is 4.45. The Morgan fingerprint density at radius 3 is 2.45 bits per heavy atom. The highest BCUT2D eigenvalue weighted by Crippen LogP contribution is 2.18. The van der Waals surface area contributed by atoms with E-state index < -0.39 is 10.7 Å². The van der Waals surface area contributed by atoms with Crippen molar-refractivity contribution in [1.29, 1.82) is 0 Å². The molecule has 0 saturated heterocycles. The van der Waals surface area contributed by atoms with E-state index >= 15 is 0 Å². The maximum atomic E-state index is 13.2. The molecule has 2 aromatic rings. The van der Waals surface area contributed by atoms with Gasteiger partial charge in [0.2, 0.25) is 0 Å². The molecule has 2 aromatic carbocycles. The van der Waals surface area contributed by atoms with Gasteiger partial charge in [-0.05, 0) is 42.3 Å². The van der Waals surface area contributed by atoms with Crippen LogP contribution in [0.2, 0.25) is 0 Å². The van der Waals surface area contributed by atoms with Gasteiger partial charge in [0.15, 0.2) is 0 Å². The van der Waals surface area contributed by atoms with Gasteiger partial charge in [-0.25, -0.2) is 8.78 Å². The second-order valence-electron chi connectivity index (χ2n) is 4.45. The van der Waals surface area contributed by atoms with E-state index in [-0.39, 0.29) is 18.0 Å². The molecule has 0 saturated carbocycles. The topological polar surface area (TPSA) is 55.2 Å². The van der Waals surface area contributed by atoms with Crippen LogP contribution in [-0.4, -0.2) is 4.92 Å². The summed E-state index contributed by atoms with van der Waals surface area (Å²) in [5.41, 5.74) is 1.39. The molecule has 1 N–H and O–H groups in total. The summed E-state index contributed by atoms with van der Waals surface area (Å²) in [7, 11) is 0. The van der Waals surface area contributed by atoms with E-state index in [1.54, 1.807) is 13.0 Å². The Morgan fingerprint density at radius 2 is 1.80 bits per heavy atom. The lowest BCUT2D eigenvalue weighted by Gasteiger charge is -2.08. The third-order valence-corrected chi connectivity index (χ3v) is 2.69. The third kappa shape index (κ3) is 3.50. The monoisotopic (exact) mass is 278 g/mol. The molecule has 0 atom stereocenters. The van der Waals surface area contributed by atoms with Gasteiger partial charge in [-0.1, -0.05) is 0 Å². The van der Waals surface area contributed by atoms with E-state index in [2.05, 4.69) is 5.32 Å². The minimum Gasteiger partial charge on any atom is -0.381 e. The van der Waals surface area contributed by atoms with Crippen molar-refractivity contribution in [3.05, 3.63) is 69.3 Å². The molecule has 0 fully saturated rings. The number of rotatable bonds is 4. The SMILES string of the molecule is Cc1cc(F)cc(NCc2cc(F)cc([N+](=O)[O-])c2)c1. The standard InChI is InChI=1S/C14H12F2N2O2/c1-9-2-11(15)6-13(3-9)17-8-10-4-12(16)7-14(5-10)18(19)20/h2-7,17H,8H2,1H3. The van der Waals surface area contributed by atoms with Crippen molar-refractivity contribution in [2.75, 3.05) is 5.32 Å². The highest BCUT2D eigenvalue weighted by Gasteiger charge is 2.09. The lowest BCUT2D eigenvalue weighted by atomic mass is 10.1. The van der Waals surface area contributed by atoms with Crippen LogP contribution in [0.5, 0.6) is 0 Å². The summed E-state index contributed by atoms with van der Waals surface area (Å²) in [6.45, 7) is 1.92. The zero-order valence-electron chi connectivity index (χ0n) is 10.7. The van der Waals surface area contributed by atoms with Crippen molar-refractivity contribution >= 4 is 11.4 Å². The van der Waals surface area contributed by atoms with E-state index in [0.717, 1.165) is 11.6 Å². The van der Waals surface area contributed by atoms with Gasteiger partial charge in [0, 0.05) is 18.3 Å². The number of nitrogens with one attached hydrogen (secondary N) is 1. The zero-order valence-corrected chi connectivity index (χ0v) is 10.7. The molecule has 0 aromatic heterocycles. The smallest absolute Gasteiger partial charge is 0.272 e. The maximum Gasteiger partial charge on any atom is 0.272 e. The van der Waals surface area contributed by atoms with Gasteiger partial charge in [0.1, 0.15) is 11.6 Å². The highest BCUT2D eigenvalue weighted by atomic mass is 19.1. The van der Waals surface area contributed by atoms with Gasteiger partial charge in [-0.15, -0.1) is 0 Å². The molecular weight excluding hydrogens is 266 g/mol. The van der Waals surface area contributed by atoms with Crippen LogP contribution in [0.1, 0.15) is 11.1 Å². The molecule has 0 aliphatic carbocycles. The molecule has 0 heterocycles. The Morgan fingerprint density at radius 1 is 1.10 bits per heavy atom. The van der Waals surface area contributed by atoms with Crippen molar-refractivity contribution in [1.82, 2.24) is 0 Å². The first-order valence-corrected chi connectivity index (χ1v) is 5.89. The molecule has 0 bridgehead atoms. The number of benzene rings is 2. The van der Waals surface area contributed by atoms with Crippen LogP contribution >= 0.6 is 0 Å². The van der Waals surface area contributed by atoms with Crippen LogP contribution < -0.4 is 5.32 Å².